The van der Waals surface area contributed by atoms with E-state index in [1.807, 2.05) is 43.4 Å². The molecule has 9 nitrogen and oxygen atoms in total. The van der Waals surface area contributed by atoms with Gasteiger partial charge in [-0.2, -0.15) is 0 Å². The SMILES string of the molecule is C[C@H](OC(=O)[C@@H](N)Cc1ccccc1)C(=O)OC1=CC[C@@]2(O)[C@H]3Cc4ccc(O)c5c4C2(CCN3C)C1O5. The minimum absolute atomic E-state index is 0.00682. The number of esters is 2. The summed E-state index contributed by atoms with van der Waals surface area (Å²) in [5, 5.41) is 22.8. The third kappa shape index (κ3) is 3.49. The number of aliphatic hydroxyl groups is 1. The van der Waals surface area contributed by atoms with Crippen molar-refractivity contribution in [3.8, 4) is 11.5 Å². The van der Waals surface area contributed by atoms with E-state index in [0.717, 1.165) is 23.2 Å². The average molecular weight is 521 g/mol. The van der Waals surface area contributed by atoms with E-state index >= 15 is 0 Å². The molecule has 1 fully saturated rings. The number of likely N-dealkylation sites (tertiary alicyclic amines) is 1. The molecule has 2 bridgehead atoms. The van der Waals surface area contributed by atoms with Crippen molar-refractivity contribution in [3.63, 3.8) is 0 Å². The fourth-order valence-corrected chi connectivity index (χ4v) is 6.90. The van der Waals surface area contributed by atoms with Crippen molar-refractivity contribution in [1.82, 2.24) is 4.90 Å². The van der Waals surface area contributed by atoms with E-state index in [1.165, 1.54) is 6.92 Å². The number of hydrogen-bond acceptors (Lipinski definition) is 9. The molecule has 6 rings (SSSR count). The van der Waals surface area contributed by atoms with E-state index in [4.69, 9.17) is 19.9 Å². The number of likely N-dealkylation sites (N-methyl/N-ethyl adjacent to an activating group) is 1. The zero-order valence-electron chi connectivity index (χ0n) is 21.4. The van der Waals surface area contributed by atoms with Gasteiger partial charge in [0.25, 0.3) is 0 Å². The van der Waals surface area contributed by atoms with Crippen LogP contribution in [0.3, 0.4) is 0 Å². The summed E-state index contributed by atoms with van der Waals surface area (Å²) in [6.45, 7) is 2.16. The monoisotopic (exact) mass is 520 g/mol. The first-order valence-electron chi connectivity index (χ1n) is 13.0. The second kappa shape index (κ2) is 8.83. The topological polar surface area (TPSA) is 132 Å². The number of carbonyl (C=O) groups is 2. The number of phenols is 1. The Morgan fingerprint density at radius 2 is 1.97 bits per heavy atom. The van der Waals surface area contributed by atoms with Gasteiger partial charge in [-0.15, -0.1) is 0 Å². The molecular weight excluding hydrogens is 488 g/mol. The summed E-state index contributed by atoms with van der Waals surface area (Å²) in [5.41, 5.74) is 6.70. The zero-order valence-corrected chi connectivity index (χ0v) is 21.4. The lowest BCUT2D eigenvalue weighted by Crippen LogP contribution is -2.74. The Morgan fingerprint density at radius 3 is 2.74 bits per heavy atom. The number of hydrogen-bond donors (Lipinski definition) is 3. The van der Waals surface area contributed by atoms with Crippen LogP contribution in [0.15, 0.2) is 54.3 Å². The van der Waals surface area contributed by atoms with E-state index in [-0.39, 0.29) is 30.4 Å². The average Bonchev–Trinajstić information content (AvgIpc) is 3.26. The summed E-state index contributed by atoms with van der Waals surface area (Å²) in [5.74, 6) is -0.879. The summed E-state index contributed by atoms with van der Waals surface area (Å²) in [4.78, 5) is 27.8. The Hall–Kier alpha value is -3.40. The quantitative estimate of drug-likeness (QED) is 0.487. The summed E-state index contributed by atoms with van der Waals surface area (Å²) < 4.78 is 17.4. The van der Waals surface area contributed by atoms with Crippen molar-refractivity contribution in [2.24, 2.45) is 5.73 Å². The summed E-state index contributed by atoms with van der Waals surface area (Å²) in [6, 6.07) is 11.7. The van der Waals surface area contributed by atoms with Crippen LogP contribution in [0.1, 0.15) is 36.5 Å². The molecule has 1 spiro atoms. The lowest BCUT2D eigenvalue weighted by Gasteiger charge is -2.61. The van der Waals surface area contributed by atoms with Crippen molar-refractivity contribution in [3.05, 3.63) is 71.0 Å². The van der Waals surface area contributed by atoms with E-state index in [0.29, 0.717) is 18.6 Å². The van der Waals surface area contributed by atoms with Crippen LogP contribution in [0.4, 0.5) is 0 Å². The molecule has 2 heterocycles. The molecule has 0 saturated carbocycles. The van der Waals surface area contributed by atoms with Gasteiger partial charge < -0.3 is 35.1 Å². The number of piperidine rings is 1. The molecule has 4 N–H and O–H groups in total. The molecule has 2 aliphatic carbocycles. The van der Waals surface area contributed by atoms with Gasteiger partial charge >= 0.3 is 11.9 Å². The Kier molecular flexibility index (Phi) is 5.79. The summed E-state index contributed by atoms with van der Waals surface area (Å²) >= 11 is 0. The van der Waals surface area contributed by atoms with Crippen molar-refractivity contribution in [1.29, 1.82) is 0 Å². The van der Waals surface area contributed by atoms with E-state index < -0.39 is 41.2 Å². The number of phenolic OH excluding ortho intramolecular Hbond substituents is 1. The smallest absolute Gasteiger partial charge is 0.352 e. The van der Waals surface area contributed by atoms with Crippen LogP contribution in [0, 0.1) is 0 Å². The molecule has 4 aliphatic rings. The summed E-state index contributed by atoms with van der Waals surface area (Å²) in [6.07, 6.45) is 1.43. The molecule has 2 aromatic carbocycles. The molecule has 0 amide bonds. The first kappa shape index (κ1) is 24.9. The molecule has 6 atom stereocenters. The van der Waals surface area contributed by atoms with Gasteiger partial charge in [0.1, 0.15) is 11.8 Å². The molecule has 38 heavy (non-hydrogen) atoms. The third-order valence-electron chi connectivity index (χ3n) is 8.80. The van der Waals surface area contributed by atoms with Gasteiger partial charge in [0.2, 0.25) is 0 Å². The highest BCUT2D eigenvalue weighted by molar-refractivity contribution is 5.82. The fraction of sp³-hybridized carbons (Fsp3) is 0.448. The Balaban J connectivity index is 1.23. The van der Waals surface area contributed by atoms with Crippen molar-refractivity contribution in [2.45, 2.75) is 67.9 Å². The standard InChI is InChI=1S/C29H32N2O7/c1-16(36-27(34)19(30)14-17-6-4-3-5-7-17)26(33)37-21-10-11-29(35)22-15-18-8-9-20(32)24-23(18)28(29,25(21)38-24)12-13-31(22)2/h3-10,16,19,22,25,32,35H,11-15,30H2,1-2H3/t16-,19-,22+,25?,28?,29+/m0/s1. The van der Waals surface area contributed by atoms with Crippen LogP contribution in [-0.4, -0.2) is 70.5 Å². The lowest BCUT2D eigenvalue weighted by atomic mass is 9.50. The molecule has 2 aromatic rings. The van der Waals surface area contributed by atoms with Gasteiger partial charge in [0.05, 0.1) is 11.0 Å². The maximum atomic E-state index is 13.1. The third-order valence-corrected chi connectivity index (χ3v) is 8.80. The zero-order chi connectivity index (χ0) is 26.8. The number of nitrogens with two attached hydrogens (primary N) is 1. The van der Waals surface area contributed by atoms with Crippen molar-refractivity contribution in [2.75, 3.05) is 13.6 Å². The highest BCUT2D eigenvalue weighted by Crippen LogP contribution is 2.65. The number of benzene rings is 2. The van der Waals surface area contributed by atoms with E-state index in [1.54, 1.807) is 12.1 Å². The maximum Gasteiger partial charge on any atom is 0.352 e. The number of rotatable bonds is 6. The van der Waals surface area contributed by atoms with Gasteiger partial charge in [-0.3, -0.25) is 4.79 Å². The largest absolute Gasteiger partial charge is 0.504 e. The normalized spacial score (nSPS) is 30.4. The van der Waals surface area contributed by atoms with Gasteiger partial charge in [0.15, 0.2) is 23.7 Å². The molecule has 200 valence electrons. The van der Waals surface area contributed by atoms with Crippen LogP contribution in [0.2, 0.25) is 0 Å². The minimum Gasteiger partial charge on any atom is -0.504 e. The lowest BCUT2D eigenvalue weighted by molar-refractivity contribution is -0.175. The van der Waals surface area contributed by atoms with Gasteiger partial charge in [-0.25, -0.2) is 4.79 Å². The first-order chi connectivity index (χ1) is 18.2. The van der Waals surface area contributed by atoms with Crippen molar-refractivity contribution < 1.29 is 34.0 Å². The number of nitrogens with zero attached hydrogens (tertiary/aromatic N) is 1. The van der Waals surface area contributed by atoms with E-state index in [2.05, 4.69) is 4.90 Å². The Labute approximate surface area is 220 Å². The Morgan fingerprint density at radius 1 is 1.21 bits per heavy atom. The molecule has 0 aromatic heterocycles. The number of aromatic hydroxyl groups is 1. The maximum absolute atomic E-state index is 13.1. The molecule has 2 unspecified atom stereocenters. The first-order valence-corrected chi connectivity index (χ1v) is 13.0. The summed E-state index contributed by atoms with van der Waals surface area (Å²) in [7, 11) is 2.00. The van der Waals surface area contributed by atoms with Crippen molar-refractivity contribution >= 4 is 11.9 Å². The van der Waals surface area contributed by atoms with Crippen LogP contribution in [-0.2, 0) is 37.3 Å². The highest BCUT2D eigenvalue weighted by Gasteiger charge is 2.72. The Bertz CT molecular complexity index is 1330. The predicted octanol–water partition coefficient (Wildman–Crippen LogP) is 1.71. The second-order valence-corrected chi connectivity index (χ2v) is 10.9. The number of ether oxygens (including phenoxy) is 3. The highest BCUT2D eigenvalue weighted by atomic mass is 16.6. The fourth-order valence-electron chi connectivity index (χ4n) is 6.90. The molecule has 0 radical (unpaired) electrons. The molecular formula is C29H32N2O7. The number of carbonyl (C=O) groups excluding carboxylic acids is 2. The minimum atomic E-state index is -1.20. The molecule has 2 aliphatic heterocycles. The van der Waals surface area contributed by atoms with E-state index in [9.17, 15) is 19.8 Å². The van der Waals surface area contributed by atoms with Gasteiger partial charge in [0, 0.05) is 18.0 Å². The molecule has 9 heteroatoms. The van der Waals surface area contributed by atoms with Gasteiger partial charge in [-0.1, -0.05) is 36.4 Å². The molecule has 1 saturated heterocycles. The predicted molar refractivity (Wildman–Crippen MR) is 136 cm³/mol. The van der Waals surface area contributed by atoms with Crippen LogP contribution in [0.25, 0.3) is 0 Å². The van der Waals surface area contributed by atoms with Crippen LogP contribution in [0.5, 0.6) is 11.5 Å². The van der Waals surface area contributed by atoms with Crippen LogP contribution >= 0.6 is 0 Å². The second-order valence-electron chi connectivity index (χ2n) is 10.9. The van der Waals surface area contributed by atoms with Crippen LogP contribution < -0.4 is 10.5 Å². The van der Waals surface area contributed by atoms with Gasteiger partial charge in [-0.05, 0) is 63.0 Å².